The maximum absolute atomic E-state index is 13.2. The van der Waals surface area contributed by atoms with E-state index in [1.807, 2.05) is 27.7 Å². The minimum Gasteiger partial charge on any atom is -0.364 e. The average Bonchev–Trinajstić information content (AvgIpc) is 3.31. The van der Waals surface area contributed by atoms with Gasteiger partial charge in [0.25, 0.3) is 5.91 Å². The predicted molar refractivity (Wildman–Crippen MR) is 93.2 cm³/mol. The zero-order chi connectivity index (χ0) is 18.8. The lowest BCUT2D eigenvalue weighted by atomic mass is 10.1. The van der Waals surface area contributed by atoms with E-state index in [1.165, 1.54) is 0 Å². The summed E-state index contributed by atoms with van der Waals surface area (Å²) >= 11 is 0. The maximum atomic E-state index is 13.2. The second-order valence-electron chi connectivity index (χ2n) is 6.86. The molecule has 2 aromatic heterocycles. The van der Waals surface area contributed by atoms with Gasteiger partial charge in [-0.15, -0.1) is 0 Å². The monoisotopic (exact) mass is 362 g/mol. The number of amides is 1. The van der Waals surface area contributed by atoms with E-state index in [4.69, 9.17) is 19.5 Å². The van der Waals surface area contributed by atoms with Crippen molar-refractivity contribution in [1.82, 2.24) is 15.2 Å². The Morgan fingerprint density at radius 1 is 1.04 bits per heavy atom. The molecule has 8 nitrogen and oxygen atoms in total. The molecule has 3 rings (SSSR count). The molecule has 2 N–H and O–H groups in total. The number of aromatic nitrogens is 2. The van der Waals surface area contributed by atoms with Gasteiger partial charge < -0.3 is 24.4 Å². The zero-order valence-corrected chi connectivity index (χ0v) is 15.7. The molecule has 1 aliphatic rings. The van der Waals surface area contributed by atoms with Crippen LogP contribution in [0, 0.1) is 27.7 Å². The Labute approximate surface area is 152 Å². The van der Waals surface area contributed by atoms with E-state index in [1.54, 1.807) is 4.90 Å². The first kappa shape index (κ1) is 18.6. The van der Waals surface area contributed by atoms with Crippen molar-refractivity contribution >= 4 is 5.91 Å². The Kier molecular flexibility index (Phi) is 5.43. The number of carbonyl (C=O) groups is 1. The summed E-state index contributed by atoms with van der Waals surface area (Å²) in [7, 11) is 0. The van der Waals surface area contributed by atoms with Gasteiger partial charge in [0.1, 0.15) is 17.6 Å². The molecule has 0 radical (unpaired) electrons. The number of nitrogens with two attached hydrogens (primary N) is 1. The van der Waals surface area contributed by atoms with Crippen molar-refractivity contribution in [3.63, 3.8) is 0 Å². The van der Waals surface area contributed by atoms with Crippen molar-refractivity contribution in [2.45, 2.75) is 65.8 Å². The molecule has 0 saturated carbocycles. The van der Waals surface area contributed by atoms with Gasteiger partial charge in [0, 0.05) is 17.7 Å². The molecule has 0 bridgehead atoms. The standard InChI is InChI=1S/C18H26N4O4/c1-10-15(12(3)25-20-10)8-22(9-16-11(2)21-26-13(16)4)18(23)17-6-5-14(7-19)24-17/h14,17H,5-9,19H2,1-4H3/t14-,17+/m1/s1. The van der Waals surface area contributed by atoms with Crippen molar-refractivity contribution in [3.8, 4) is 0 Å². The first-order valence-corrected chi connectivity index (χ1v) is 8.88. The lowest BCUT2D eigenvalue weighted by Crippen LogP contribution is -2.39. The fraction of sp³-hybridized carbons (Fsp3) is 0.611. The van der Waals surface area contributed by atoms with Crippen LogP contribution in [0.2, 0.25) is 0 Å². The van der Waals surface area contributed by atoms with E-state index in [0.717, 1.165) is 28.9 Å². The molecule has 26 heavy (non-hydrogen) atoms. The Bertz CT molecular complexity index is 695. The van der Waals surface area contributed by atoms with Crippen molar-refractivity contribution in [1.29, 1.82) is 0 Å². The minimum absolute atomic E-state index is 0.0519. The van der Waals surface area contributed by atoms with E-state index in [9.17, 15) is 4.79 Å². The summed E-state index contributed by atoms with van der Waals surface area (Å²) in [6, 6.07) is 0. The quantitative estimate of drug-likeness (QED) is 0.836. The molecule has 3 heterocycles. The lowest BCUT2D eigenvalue weighted by Gasteiger charge is -2.25. The average molecular weight is 362 g/mol. The first-order chi connectivity index (χ1) is 12.4. The highest BCUT2D eigenvalue weighted by molar-refractivity contribution is 5.81. The van der Waals surface area contributed by atoms with Crippen LogP contribution in [0.4, 0.5) is 0 Å². The number of hydrogen-bond acceptors (Lipinski definition) is 7. The second-order valence-corrected chi connectivity index (χ2v) is 6.86. The van der Waals surface area contributed by atoms with Gasteiger partial charge in [-0.1, -0.05) is 10.3 Å². The summed E-state index contributed by atoms with van der Waals surface area (Å²) in [5, 5.41) is 7.98. The summed E-state index contributed by atoms with van der Waals surface area (Å²) < 4.78 is 16.3. The van der Waals surface area contributed by atoms with Crippen LogP contribution < -0.4 is 5.73 Å². The minimum atomic E-state index is -0.468. The van der Waals surface area contributed by atoms with Gasteiger partial charge in [0.05, 0.1) is 30.6 Å². The van der Waals surface area contributed by atoms with Crippen molar-refractivity contribution in [3.05, 3.63) is 34.0 Å². The van der Waals surface area contributed by atoms with Crippen LogP contribution in [-0.4, -0.2) is 39.9 Å². The number of hydrogen-bond donors (Lipinski definition) is 1. The highest BCUT2D eigenvalue weighted by Gasteiger charge is 2.34. The lowest BCUT2D eigenvalue weighted by molar-refractivity contribution is -0.144. The van der Waals surface area contributed by atoms with E-state index < -0.39 is 6.10 Å². The molecular weight excluding hydrogens is 336 g/mol. The molecule has 1 aliphatic heterocycles. The number of aryl methyl sites for hydroxylation is 4. The van der Waals surface area contributed by atoms with E-state index in [2.05, 4.69) is 10.3 Å². The van der Waals surface area contributed by atoms with E-state index >= 15 is 0 Å². The summed E-state index contributed by atoms with van der Waals surface area (Å²) in [5.41, 5.74) is 9.08. The highest BCUT2D eigenvalue weighted by Crippen LogP contribution is 2.25. The van der Waals surface area contributed by atoms with Crippen LogP contribution in [0.3, 0.4) is 0 Å². The number of nitrogens with zero attached hydrogens (tertiary/aromatic N) is 3. The molecule has 1 amide bonds. The number of carbonyl (C=O) groups excluding carboxylic acids is 1. The van der Waals surface area contributed by atoms with Crippen molar-refractivity contribution < 1.29 is 18.6 Å². The zero-order valence-electron chi connectivity index (χ0n) is 15.7. The Morgan fingerprint density at radius 3 is 1.96 bits per heavy atom. The van der Waals surface area contributed by atoms with Crippen molar-refractivity contribution in [2.75, 3.05) is 6.54 Å². The maximum Gasteiger partial charge on any atom is 0.252 e. The Balaban J connectivity index is 1.85. The van der Waals surface area contributed by atoms with Crippen LogP contribution in [0.1, 0.15) is 46.9 Å². The second kappa shape index (κ2) is 7.59. The largest absolute Gasteiger partial charge is 0.364 e. The van der Waals surface area contributed by atoms with Gasteiger partial charge in [0.15, 0.2) is 0 Å². The van der Waals surface area contributed by atoms with Gasteiger partial charge >= 0.3 is 0 Å². The summed E-state index contributed by atoms with van der Waals surface area (Å²) in [6.07, 6.45) is 0.964. The molecule has 1 fully saturated rings. The Morgan fingerprint density at radius 2 is 1.58 bits per heavy atom. The Hall–Kier alpha value is -2.19. The fourth-order valence-corrected chi connectivity index (χ4v) is 3.31. The molecule has 2 atom stereocenters. The first-order valence-electron chi connectivity index (χ1n) is 8.88. The smallest absolute Gasteiger partial charge is 0.252 e. The highest BCUT2D eigenvalue weighted by atomic mass is 16.5. The fourth-order valence-electron chi connectivity index (χ4n) is 3.31. The topological polar surface area (TPSA) is 108 Å². The molecule has 0 spiro atoms. The molecule has 2 aromatic rings. The van der Waals surface area contributed by atoms with Gasteiger partial charge in [-0.2, -0.15) is 0 Å². The number of rotatable bonds is 6. The van der Waals surface area contributed by atoms with Gasteiger partial charge in [-0.3, -0.25) is 4.79 Å². The predicted octanol–water partition coefficient (Wildman–Crippen LogP) is 1.93. The molecule has 8 heteroatoms. The van der Waals surface area contributed by atoms with Crippen molar-refractivity contribution in [2.24, 2.45) is 5.73 Å². The molecule has 0 unspecified atom stereocenters. The summed E-state index contributed by atoms with van der Waals surface area (Å²) in [5.74, 6) is 1.37. The van der Waals surface area contributed by atoms with Crippen LogP contribution in [0.5, 0.6) is 0 Å². The SMILES string of the molecule is Cc1noc(C)c1CN(Cc1c(C)noc1C)C(=O)[C@@H]1CC[C@H](CN)O1. The van der Waals surface area contributed by atoms with E-state index in [-0.39, 0.29) is 12.0 Å². The van der Waals surface area contributed by atoms with Gasteiger partial charge in [-0.25, -0.2) is 0 Å². The van der Waals surface area contributed by atoms with Crippen LogP contribution in [-0.2, 0) is 22.6 Å². The van der Waals surface area contributed by atoms with E-state index in [0.29, 0.717) is 37.6 Å². The summed E-state index contributed by atoms with van der Waals surface area (Å²) in [6.45, 7) is 8.68. The number of ether oxygens (including phenoxy) is 1. The third-order valence-electron chi connectivity index (χ3n) is 5.02. The van der Waals surface area contributed by atoms with Crippen LogP contribution >= 0.6 is 0 Å². The molecule has 0 aliphatic carbocycles. The summed E-state index contributed by atoms with van der Waals surface area (Å²) in [4.78, 5) is 14.9. The van der Waals surface area contributed by atoms with Crippen LogP contribution in [0.25, 0.3) is 0 Å². The molecule has 1 saturated heterocycles. The molecule has 0 aromatic carbocycles. The third-order valence-corrected chi connectivity index (χ3v) is 5.02. The normalized spacial score (nSPS) is 19.9. The molecule has 142 valence electrons. The van der Waals surface area contributed by atoms with Crippen LogP contribution in [0.15, 0.2) is 9.05 Å². The van der Waals surface area contributed by atoms with Gasteiger partial charge in [-0.05, 0) is 40.5 Å². The van der Waals surface area contributed by atoms with Gasteiger partial charge in [0.2, 0.25) is 0 Å². The third kappa shape index (κ3) is 3.66. The molecular formula is C18H26N4O4.